The molecule has 0 saturated carbocycles. The van der Waals surface area contributed by atoms with Crippen LogP contribution >= 0.6 is 22.9 Å². The normalized spacial score (nSPS) is 11.6. The number of ketones is 1. The van der Waals surface area contributed by atoms with Gasteiger partial charge in [-0.3, -0.25) is 4.79 Å². The smallest absolute Gasteiger partial charge is 0.288 e. The Morgan fingerprint density at radius 2 is 2.00 bits per heavy atom. The van der Waals surface area contributed by atoms with Crippen LogP contribution in [-0.4, -0.2) is 5.78 Å². The molecule has 19 heavy (non-hydrogen) atoms. The predicted octanol–water partition coefficient (Wildman–Crippen LogP) is 4.96. The van der Waals surface area contributed by atoms with Gasteiger partial charge < -0.3 is 0 Å². The first-order valence-corrected chi connectivity index (χ1v) is 6.52. The van der Waals surface area contributed by atoms with E-state index < -0.39 is 17.5 Å². The van der Waals surface area contributed by atoms with Crippen LogP contribution in [0.2, 0.25) is 5.02 Å². The Balaban J connectivity index is 2.43. The summed E-state index contributed by atoms with van der Waals surface area (Å²) in [4.78, 5) is 12.4. The molecule has 2 rings (SSSR count). The van der Waals surface area contributed by atoms with E-state index in [2.05, 4.69) is 0 Å². The number of aryl methyl sites for hydroxylation is 1. The number of alkyl halides is 3. The number of benzene rings is 1. The third-order valence-corrected chi connectivity index (χ3v) is 4.25. The highest BCUT2D eigenvalue weighted by Gasteiger charge is 2.31. The van der Waals surface area contributed by atoms with E-state index in [4.69, 9.17) is 11.6 Å². The molecule has 0 aliphatic carbocycles. The van der Waals surface area contributed by atoms with Crippen LogP contribution in [0.5, 0.6) is 0 Å². The van der Waals surface area contributed by atoms with Gasteiger partial charge in [-0.2, -0.15) is 13.2 Å². The van der Waals surface area contributed by atoms with Gasteiger partial charge in [-0.05, 0) is 30.0 Å². The number of carbonyl (C=O) groups excluding carboxylic acids is 1. The largest absolute Gasteiger partial charge is 0.416 e. The molecule has 0 N–H and O–H groups in total. The van der Waals surface area contributed by atoms with Gasteiger partial charge in [0.15, 0.2) is 0 Å². The zero-order valence-corrected chi connectivity index (χ0v) is 11.3. The van der Waals surface area contributed by atoms with Crippen LogP contribution in [0, 0.1) is 6.92 Å². The third kappa shape index (κ3) is 2.82. The molecule has 1 heterocycles. The van der Waals surface area contributed by atoms with Crippen molar-refractivity contribution in [3.8, 4) is 0 Å². The highest BCUT2D eigenvalue weighted by molar-refractivity contribution is 7.13. The maximum atomic E-state index is 12.6. The maximum absolute atomic E-state index is 12.6. The van der Waals surface area contributed by atoms with Crippen LogP contribution in [0.3, 0.4) is 0 Å². The fourth-order valence-electron chi connectivity index (χ4n) is 1.55. The zero-order chi connectivity index (χ0) is 14.2. The van der Waals surface area contributed by atoms with Crippen LogP contribution in [0.15, 0.2) is 29.6 Å². The van der Waals surface area contributed by atoms with Crippen molar-refractivity contribution in [2.75, 3.05) is 0 Å². The molecule has 0 radical (unpaired) electrons. The second-order valence-electron chi connectivity index (χ2n) is 3.97. The maximum Gasteiger partial charge on any atom is 0.416 e. The summed E-state index contributed by atoms with van der Waals surface area (Å²) in [5.74, 6) is -0.491. The molecular formula is C13H8ClF3OS. The number of halogens is 4. The van der Waals surface area contributed by atoms with Crippen LogP contribution in [0.25, 0.3) is 0 Å². The topological polar surface area (TPSA) is 17.1 Å². The molecule has 100 valence electrons. The Morgan fingerprint density at radius 1 is 1.32 bits per heavy atom. The summed E-state index contributed by atoms with van der Waals surface area (Å²) < 4.78 is 37.7. The average molecular weight is 305 g/mol. The molecule has 1 aromatic heterocycles. The van der Waals surface area contributed by atoms with Crippen molar-refractivity contribution in [3.63, 3.8) is 0 Å². The van der Waals surface area contributed by atoms with E-state index in [1.165, 1.54) is 12.1 Å². The van der Waals surface area contributed by atoms with Crippen molar-refractivity contribution in [1.82, 2.24) is 0 Å². The summed E-state index contributed by atoms with van der Waals surface area (Å²) in [6, 6.07) is 4.33. The first kappa shape index (κ1) is 14.1. The van der Waals surface area contributed by atoms with Crippen LogP contribution < -0.4 is 0 Å². The minimum Gasteiger partial charge on any atom is -0.288 e. The van der Waals surface area contributed by atoms with Gasteiger partial charge in [0, 0.05) is 5.56 Å². The van der Waals surface area contributed by atoms with Crippen LogP contribution in [0.1, 0.15) is 26.4 Å². The predicted molar refractivity (Wildman–Crippen MR) is 68.9 cm³/mol. The molecule has 0 amide bonds. The molecule has 1 aromatic carbocycles. The van der Waals surface area contributed by atoms with Gasteiger partial charge in [0.2, 0.25) is 5.78 Å². The summed E-state index contributed by atoms with van der Waals surface area (Å²) in [5.41, 5.74) is -0.122. The molecule has 0 saturated heterocycles. The van der Waals surface area contributed by atoms with E-state index in [0.29, 0.717) is 5.02 Å². The summed E-state index contributed by atoms with van der Waals surface area (Å²) in [7, 11) is 0. The third-order valence-electron chi connectivity index (χ3n) is 2.56. The summed E-state index contributed by atoms with van der Waals surface area (Å²) >= 11 is 7.08. The zero-order valence-electron chi connectivity index (χ0n) is 9.72. The van der Waals surface area contributed by atoms with Crippen molar-refractivity contribution in [1.29, 1.82) is 0 Å². The Morgan fingerprint density at radius 3 is 2.53 bits per heavy atom. The van der Waals surface area contributed by atoms with Crippen molar-refractivity contribution < 1.29 is 18.0 Å². The molecule has 0 atom stereocenters. The molecule has 0 aliphatic heterocycles. The molecule has 0 unspecified atom stereocenters. The monoisotopic (exact) mass is 304 g/mol. The first-order chi connectivity index (χ1) is 8.80. The van der Waals surface area contributed by atoms with Gasteiger partial charge in [0.05, 0.1) is 15.5 Å². The molecule has 0 aliphatic rings. The standard InChI is InChI=1S/C13H8ClF3OS/c1-7-6-19-12(10(7)14)11(18)8-3-2-4-9(5-8)13(15,16)17/h2-6H,1H3. The quantitative estimate of drug-likeness (QED) is 0.717. The van der Waals surface area contributed by atoms with Crippen molar-refractivity contribution in [2.45, 2.75) is 13.1 Å². The van der Waals surface area contributed by atoms with Gasteiger partial charge in [0.1, 0.15) is 0 Å². The number of thiophene rings is 1. The van der Waals surface area contributed by atoms with E-state index in [-0.39, 0.29) is 10.4 Å². The summed E-state index contributed by atoms with van der Waals surface area (Å²) in [5, 5.41) is 2.00. The van der Waals surface area contributed by atoms with Gasteiger partial charge in [-0.1, -0.05) is 23.7 Å². The van der Waals surface area contributed by atoms with Crippen molar-refractivity contribution in [3.05, 3.63) is 56.2 Å². The van der Waals surface area contributed by atoms with E-state index >= 15 is 0 Å². The summed E-state index contributed by atoms with van der Waals surface area (Å²) in [6.45, 7) is 1.74. The van der Waals surface area contributed by atoms with Gasteiger partial charge in [0.25, 0.3) is 0 Å². The fraction of sp³-hybridized carbons (Fsp3) is 0.154. The summed E-state index contributed by atoms with van der Waals surface area (Å²) in [6.07, 6.45) is -4.47. The van der Waals surface area contributed by atoms with Crippen LogP contribution in [-0.2, 0) is 6.18 Å². The number of hydrogen-bond acceptors (Lipinski definition) is 2. The lowest BCUT2D eigenvalue weighted by molar-refractivity contribution is -0.137. The van der Waals surface area contributed by atoms with E-state index in [0.717, 1.165) is 29.0 Å². The highest BCUT2D eigenvalue weighted by atomic mass is 35.5. The first-order valence-electron chi connectivity index (χ1n) is 5.26. The second-order valence-corrected chi connectivity index (χ2v) is 5.23. The Labute approximate surface area is 116 Å². The highest BCUT2D eigenvalue weighted by Crippen LogP contribution is 2.32. The minimum atomic E-state index is -4.47. The van der Waals surface area contributed by atoms with E-state index in [9.17, 15) is 18.0 Å². The number of carbonyl (C=O) groups is 1. The second kappa shape index (κ2) is 4.98. The minimum absolute atomic E-state index is 0.0152. The van der Waals surface area contributed by atoms with E-state index in [1.807, 2.05) is 0 Å². The molecule has 0 bridgehead atoms. The molecule has 0 spiro atoms. The molecule has 2 aromatic rings. The fourth-order valence-corrected chi connectivity index (χ4v) is 2.79. The Bertz CT molecular complexity index is 631. The molecular weight excluding hydrogens is 297 g/mol. The molecule has 6 heteroatoms. The average Bonchev–Trinajstić information content (AvgIpc) is 2.68. The van der Waals surface area contributed by atoms with Crippen molar-refractivity contribution >= 4 is 28.7 Å². The Kier molecular flexibility index (Phi) is 3.69. The SMILES string of the molecule is Cc1csc(C(=O)c2cccc(C(F)(F)F)c2)c1Cl. The number of hydrogen-bond donors (Lipinski definition) is 0. The lowest BCUT2D eigenvalue weighted by Gasteiger charge is -2.07. The lowest BCUT2D eigenvalue weighted by Crippen LogP contribution is -2.07. The van der Waals surface area contributed by atoms with Crippen molar-refractivity contribution in [2.24, 2.45) is 0 Å². The Hall–Kier alpha value is -1.33. The molecule has 0 fully saturated rings. The molecule has 1 nitrogen and oxygen atoms in total. The number of rotatable bonds is 2. The van der Waals surface area contributed by atoms with Gasteiger partial charge in [-0.25, -0.2) is 0 Å². The van der Waals surface area contributed by atoms with Gasteiger partial charge in [-0.15, -0.1) is 11.3 Å². The van der Waals surface area contributed by atoms with Crippen LogP contribution in [0.4, 0.5) is 13.2 Å². The lowest BCUT2D eigenvalue weighted by atomic mass is 10.1. The van der Waals surface area contributed by atoms with Gasteiger partial charge >= 0.3 is 6.18 Å². The van der Waals surface area contributed by atoms with E-state index in [1.54, 1.807) is 12.3 Å².